The van der Waals surface area contributed by atoms with Crippen LogP contribution in [-0.2, 0) is 25.2 Å². The lowest BCUT2D eigenvalue weighted by molar-refractivity contribution is -0.296. The van der Waals surface area contributed by atoms with Gasteiger partial charge in [-0.25, -0.2) is 0 Å². The molecule has 1 aromatic rings. The van der Waals surface area contributed by atoms with Crippen molar-refractivity contribution in [2.45, 2.75) is 116 Å². The second kappa shape index (κ2) is 13.2. The van der Waals surface area contributed by atoms with Crippen molar-refractivity contribution in [1.82, 2.24) is 0 Å². The third-order valence-corrected chi connectivity index (χ3v) is 11.3. The van der Waals surface area contributed by atoms with E-state index >= 15 is 0 Å². The maximum atomic E-state index is 6.45. The van der Waals surface area contributed by atoms with Gasteiger partial charge >= 0.3 is 0 Å². The van der Waals surface area contributed by atoms with Crippen LogP contribution in [0, 0.1) is 0 Å². The molecular weight excluding hydrogens is 440 g/mol. The molecule has 0 unspecified atom stereocenters. The van der Waals surface area contributed by atoms with Crippen LogP contribution < -0.4 is 0 Å². The van der Waals surface area contributed by atoms with Gasteiger partial charge in [-0.05, 0) is 63.7 Å². The van der Waals surface area contributed by atoms with Crippen molar-refractivity contribution in [2.24, 2.45) is 0 Å². The quantitative estimate of drug-likeness (QED) is 0.171. The first-order valence-corrected chi connectivity index (χ1v) is 15.8. The Morgan fingerprint density at radius 3 is 2.50 bits per heavy atom. The molecule has 0 amide bonds. The molecule has 1 aliphatic heterocycles. The number of allylic oxidation sites excluding steroid dienone is 3. The average molecular weight is 489 g/mol. The second-order valence-electron chi connectivity index (χ2n) is 11.5. The van der Waals surface area contributed by atoms with Crippen LogP contribution in [0.15, 0.2) is 54.6 Å². The molecule has 0 saturated carbocycles. The van der Waals surface area contributed by atoms with Gasteiger partial charge in [0.1, 0.15) is 0 Å². The van der Waals surface area contributed by atoms with Crippen molar-refractivity contribution < 1.29 is 18.6 Å². The van der Waals surface area contributed by atoms with Crippen LogP contribution in [0.5, 0.6) is 0 Å². The van der Waals surface area contributed by atoms with Gasteiger partial charge in [0.25, 0.3) is 0 Å². The summed E-state index contributed by atoms with van der Waals surface area (Å²) in [7, 11) is -1.67. The Bertz CT molecular complexity index is 764. The number of benzene rings is 1. The molecule has 0 aromatic heterocycles. The minimum absolute atomic E-state index is 0.0217. The van der Waals surface area contributed by atoms with Crippen molar-refractivity contribution in [3.8, 4) is 0 Å². The Hall–Kier alpha value is -1.24. The van der Waals surface area contributed by atoms with Gasteiger partial charge in [-0.2, -0.15) is 0 Å². The lowest BCUT2D eigenvalue weighted by atomic mass is 10.1. The molecule has 192 valence electrons. The van der Waals surface area contributed by atoms with E-state index in [1.54, 1.807) is 0 Å². The summed E-state index contributed by atoms with van der Waals surface area (Å²) in [5.41, 5.74) is 1.18. The second-order valence-corrected chi connectivity index (χ2v) is 16.2. The third-order valence-electron chi connectivity index (χ3n) is 6.65. The molecule has 0 aliphatic carbocycles. The smallest absolute Gasteiger partial charge is 0.192 e. The first-order valence-electron chi connectivity index (χ1n) is 12.9. The summed E-state index contributed by atoms with van der Waals surface area (Å²) >= 11 is 0. The number of rotatable bonds is 12. The summed E-state index contributed by atoms with van der Waals surface area (Å²) < 4.78 is 24.5. The molecule has 0 bridgehead atoms. The van der Waals surface area contributed by atoms with E-state index in [2.05, 4.69) is 77.2 Å². The van der Waals surface area contributed by atoms with E-state index in [9.17, 15) is 0 Å². The van der Waals surface area contributed by atoms with Gasteiger partial charge < -0.3 is 18.6 Å². The maximum Gasteiger partial charge on any atom is 0.192 e. The van der Waals surface area contributed by atoms with Gasteiger partial charge in [-0.1, -0.05) is 75.4 Å². The Morgan fingerprint density at radius 1 is 1.12 bits per heavy atom. The van der Waals surface area contributed by atoms with Crippen LogP contribution in [0.25, 0.3) is 0 Å². The lowest BCUT2D eigenvalue weighted by Gasteiger charge is -2.39. The molecule has 2 rings (SSSR count). The third kappa shape index (κ3) is 10.6. The summed E-state index contributed by atoms with van der Waals surface area (Å²) in [6.45, 7) is 18.9. The Kier molecular flexibility index (Phi) is 11.2. The molecule has 1 fully saturated rings. The SMILES string of the molecule is C[C@H](CCC/C=C/C=C/[C@H]1C[C@H](COCc2ccccc2)OC(C)(C)O1)O[Si](C)(C)C(C)(C)C. The zero-order chi connectivity index (χ0) is 25.2. The predicted octanol–water partition coefficient (Wildman–Crippen LogP) is 7.81. The molecule has 0 N–H and O–H groups in total. The number of ether oxygens (including phenoxy) is 3. The van der Waals surface area contributed by atoms with E-state index < -0.39 is 14.1 Å². The van der Waals surface area contributed by atoms with Crippen molar-refractivity contribution in [2.75, 3.05) is 6.61 Å². The Labute approximate surface area is 209 Å². The highest BCUT2D eigenvalue weighted by molar-refractivity contribution is 6.74. The van der Waals surface area contributed by atoms with Crippen LogP contribution in [-0.4, -0.2) is 39.0 Å². The van der Waals surface area contributed by atoms with E-state index in [-0.39, 0.29) is 17.2 Å². The Morgan fingerprint density at radius 2 is 1.82 bits per heavy atom. The maximum absolute atomic E-state index is 6.45. The van der Waals surface area contributed by atoms with Gasteiger partial charge in [0, 0.05) is 12.5 Å². The zero-order valence-corrected chi connectivity index (χ0v) is 23.8. The number of unbranched alkanes of at least 4 members (excludes halogenated alkanes) is 1. The van der Waals surface area contributed by atoms with Gasteiger partial charge in [-0.15, -0.1) is 0 Å². The normalized spacial score (nSPS) is 22.5. The van der Waals surface area contributed by atoms with Crippen molar-refractivity contribution >= 4 is 8.32 Å². The highest BCUT2D eigenvalue weighted by atomic mass is 28.4. The first kappa shape index (κ1) is 29.0. The summed E-state index contributed by atoms with van der Waals surface area (Å²) in [5, 5.41) is 0.264. The van der Waals surface area contributed by atoms with E-state index in [1.165, 1.54) is 5.56 Å². The fourth-order valence-corrected chi connectivity index (χ4v) is 5.35. The molecule has 4 nitrogen and oxygen atoms in total. The number of hydrogen-bond acceptors (Lipinski definition) is 4. The van der Waals surface area contributed by atoms with E-state index in [0.717, 1.165) is 25.7 Å². The highest BCUT2D eigenvalue weighted by Gasteiger charge is 2.38. The molecule has 1 aromatic carbocycles. The van der Waals surface area contributed by atoms with Crippen LogP contribution in [0.2, 0.25) is 18.1 Å². The van der Waals surface area contributed by atoms with Crippen molar-refractivity contribution in [3.05, 3.63) is 60.2 Å². The summed E-state index contributed by atoms with van der Waals surface area (Å²) in [4.78, 5) is 0. The number of hydrogen-bond donors (Lipinski definition) is 0. The average Bonchev–Trinajstić information content (AvgIpc) is 2.71. The van der Waals surface area contributed by atoms with Gasteiger partial charge in [0.15, 0.2) is 14.1 Å². The standard InChI is InChI=1S/C29H48O4Si/c1-24(33-34(7,8)28(2,3)4)17-13-10-9-11-16-20-26-21-27(32-29(5,6)31-26)23-30-22-25-18-14-12-15-19-25/h9,11-12,14-16,18-20,24,26-27H,10,13,17,21-23H2,1-8H3/b11-9+,20-16+/t24-,26+,27-/m1/s1. The molecular formula is C29H48O4Si. The molecule has 34 heavy (non-hydrogen) atoms. The molecule has 1 aliphatic rings. The molecule has 1 heterocycles. The predicted molar refractivity (Wildman–Crippen MR) is 144 cm³/mol. The highest BCUT2D eigenvalue weighted by Crippen LogP contribution is 2.37. The van der Waals surface area contributed by atoms with E-state index in [4.69, 9.17) is 18.6 Å². The monoisotopic (exact) mass is 488 g/mol. The van der Waals surface area contributed by atoms with E-state index in [0.29, 0.717) is 19.3 Å². The minimum Gasteiger partial charge on any atom is -0.414 e. The molecule has 1 saturated heterocycles. The largest absolute Gasteiger partial charge is 0.414 e. The van der Waals surface area contributed by atoms with Crippen molar-refractivity contribution in [1.29, 1.82) is 0 Å². The summed E-state index contributed by atoms with van der Waals surface area (Å²) in [6, 6.07) is 10.2. The van der Waals surface area contributed by atoms with E-state index in [1.807, 2.05) is 32.0 Å². The van der Waals surface area contributed by atoms with Gasteiger partial charge in [0.05, 0.1) is 25.4 Å². The van der Waals surface area contributed by atoms with Crippen LogP contribution in [0.3, 0.4) is 0 Å². The van der Waals surface area contributed by atoms with Crippen LogP contribution in [0.1, 0.15) is 72.8 Å². The van der Waals surface area contributed by atoms with Crippen LogP contribution >= 0.6 is 0 Å². The minimum atomic E-state index is -1.67. The Balaban J connectivity index is 1.70. The zero-order valence-electron chi connectivity index (χ0n) is 22.8. The first-order chi connectivity index (χ1) is 15.9. The lowest BCUT2D eigenvalue weighted by Crippen LogP contribution is -2.45. The molecule has 5 heteroatoms. The molecule has 0 spiro atoms. The summed E-state index contributed by atoms with van der Waals surface area (Å²) in [6.07, 6.45) is 13.1. The molecule has 0 radical (unpaired) electrons. The van der Waals surface area contributed by atoms with Gasteiger partial charge in [0.2, 0.25) is 0 Å². The molecule has 3 atom stereocenters. The van der Waals surface area contributed by atoms with Crippen LogP contribution in [0.4, 0.5) is 0 Å². The van der Waals surface area contributed by atoms with Crippen molar-refractivity contribution in [3.63, 3.8) is 0 Å². The fourth-order valence-electron chi connectivity index (χ4n) is 3.88. The van der Waals surface area contributed by atoms with Gasteiger partial charge in [-0.3, -0.25) is 0 Å². The fraction of sp³-hybridized carbons (Fsp3) is 0.655. The summed E-state index contributed by atoms with van der Waals surface area (Å²) in [5.74, 6) is -0.613. The topological polar surface area (TPSA) is 36.9 Å².